The second-order valence-electron chi connectivity index (χ2n) is 8.09. The molecule has 1 fully saturated rings. The van der Waals surface area contributed by atoms with E-state index in [9.17, 15) is 8.42 Å². The van der Waals surface area contributed by atoms with Crippen LogP contribution in [0.5, 0.6) is 5.75 Å². The van der Waals surface area contributed by atoms with Crippen LogP contribution in [0, 0.1) is 12.8 Å². The van der Waals surface area contributed by atoms with E-state index in [-0.39, 0.29) is 11.9 Å². The average Bonchev–Trinajstić information content (AvgIpc) is 2.96. The molecule has 0 aliphatic carbocycles. The molecule has 2 rings (SSSR count). The van der Waals surface area contributed by atoms with E-state index < -0.39 is 10.0 Å². The Morgan fingerprint density at radius 3 is 2.66 bits per heavy atom. The first-order valence-corrected chi connectivity index (χ1v) is 12.0. The third-order valence-electron chi connectivity index (χ3n) is 4.88. The van der Waals surface area contributed by atoms with Crippen molar-refractivity contribution >= 4 is 16.0 Å². The molecule has 0 bridgehead atoms. The number of aryl methyl sites for hydroxylation is 1. The number of hydrogen-bond acceptors (Lipinski definition) is 4. The zero-order valence-electron chi connectivity index (χ0n) is 18.4. The molecular formula is C21H36N4O3S. The van der Waals surface area contributed by atoms with Crippen LogP contribution in [0.4, 0.5) is 0 Å². The van der Waals surface area contributed by atoms with Gasteiger partial charge < -0.3 is 15.4 Å². The van der Waals surface area contributed by atoms with Crippen molar-refractivity contribution in [3.05, 3.63) is 29.3 Å². The van der Waals surface area contributed by atoms with Gasteiger partial charge in [-0.2, -0.15) is 0 Å². The number of hydrogen-bond donors (Lipinski definition) is 2. The van der Waals surface area contributed by atoms with Crippen LogP contribution < -0.4 is 15.4 Å². The molecule has 0 amide bonds. The van der Waals surface area contributed by atoms with Crippen molar-refractivity contribution in [1.82, 2.24) is 14.9 Å². The van der Waals surface area contributed by atoms with Crippen molar-refractivity contribution in [2.24, 2.45) is 10.9 Å². The van der Waals surface area contributed by atoms with Crippen LogP contribution in [0.25, 0.3) is 0 Å². The van der Waals surface area contributed by atoms with Crippen LogP contribution in [-0.4, -0.2) is 57.2 Å². The molecule has 1 aromatic carbocycles. The SMILES string of the molecule is CN=C(NCCN1CCCS1(=O)=O)NCc1ccc(C)cc1OC(C)CC(C)C. The first kappa shape index (κ1) is 23.5. The van der Waals surface area contributed by atoms with Gasteiger partial charge in [-0.1, -0.05) is 26.0 Å². The minimum Gasteiger partial charge on any atom is -0.490 e. The second kappa shape index (κ2) is 10.8. The summed E-state index contributed by atoms with van der Waals surface area (Å²) in [7, 11) is -1.35. The lowest BCUT2D eigenvalue weighted by Crippen LogP contribution is -2.41. The molecule has 0 aromatic heterocycles. The number of sulfonamides is 1. The van der Waals surface area contributed by atoms with Gasteiger partial charge in [0.2, 0.25) is 10.0 Å². The number of nitrogens with one attached hydrogen (secondary N) is 2. The molecule has 0 radical (unpaired) electrons. The van der Waals surface area contributed by atoms with Gasteiger partial charge in [-0.05, 0) is 44.2 Å². The summed E-state index contributed by atoms with van der Waals surface area (Å²) >= 11 is 0. The van der Waals surface area contributed by atoms with Crippen molar-refractivity contribution in [1.29, 1.82) is 0 Å². The van der Waals surface area contributed by atoms with E-state index in [1.165, 1.54) is 4.31 Å². The highest BCUT2D eigenvalue weighted by Gasteiger charge is 2.27. The summed E-state index contributed by atoms with van der Waals surface area (Å²) in [4.78, 5) is 4.24. The summed E-state index contributed by atoms with van der Waals surface area (Å²) in [5, 5.41) is 6.49. The van der Waals surface area contributed by atoms with Gasteiger partial charge in [-0.3, -0.25) is 4.99 Å². The van der Waals surface area contributed by atoms with Crippen molar-refractivity contribution < 1.29 is 13.2 Å². The van der Waals surface area contributed by atoms with Crippen LogP contribution in [0.15, 0.2) is 23.2 Å². The Labute approximate surface area is 176 Å². The minimum absolute atomic E-state index is 0.149. The minimum atomic E-state index is -3.06. The third-order valence-corrected chi connectivity index (χ3v) is 6.84. The quantitative estimate of drug-likeness (QED) is 0.470. The molecule has 1 aromatic rings. The summed E-state index contributed by atoms with van der Waals surface area (Å²) in [6.07, 6.45) is 1.86. The summed E-state index contributed by atoms with van der Waals surface area (Å²) in [6.45, 7) is 10.7. The van der Waals surface area contributed by atoms with Crippen molar-refractivity contribution in [2.45, 2.75) is 53.2 Å². The van der Waals surface area contributed by atoms with Gasteiger partial charge in [0.25, 0.3) is 0 Å². The van der Waals surface area contributed by atoms with E-state index in [4.69, 9.17) is 4.74 Å². The predicted octanol–water partition coefficient (Wildman–Crippen LogP) is 2.51. The molecule has 7 nitrogen and oxygen atoms in total. The Balaban J connectivity index is 1.90. The van der Waals surface area contributed by atoms with Gasteiger partial charge in [0.1, 0.15) is 5.75 Å². The maximum Gasteiger partial charge on any atom is 0.214 e. The lowest BCUT2D eigenvalue weighted by Gasteiger charge is -2.20. The molecule has 2 N–H and O–H groups in total. The van der Waals surface area contributed by atoms with E-state index in [1.807, 2.05) is 0 Å². The van der Waals surface area contributed by atoms with Crippen molar-refractivity contribution in [3.63, 3.8) is 0 Å². The highest BCUT2D eigenvalue weighted by Crippen LogP contribution is 2.23. The monoisotopic (exact) mass is 424 g/mol. The number of nitrogens with zero attached hydrogens (tertiary/aromatic N) is 2. The molecule has 1 unspecified atom stereocenters. The number of ether oxygens (including phenoxy) is 1. The molecule has 1 atom stereocenters. The molecule has 1 aliphatic rings. The molecule has 164 valence electrons. The lowest BCUT2D eigenvalue weighted by molar-refractivity contribution is 0.191. The summed E-state index contributed by atoms with van der Waals surface area (Å²) in [6, 6.07) is 6.22. The second-order valence-corrected chi connectivity index (χ2v) is 10.2. The van der Waals surface area contributed by atoms with E-state index in [0.29, 0.717) is 44.5 Å². The van der Waals surface area contributed by atoms with E-state index in [2.05, 4.69) is 61.5 Å². The standard InChI is InChI=1S/C21H36N4O3S/c1-16(2)13-18(4)28-20-14-17(3)7-8-19(20)15-24-21(22-5)23-9-11-25-10-6-12-29(25,26)27/h7-8,14,16,18H,6,9-13,15H2,1-5H3,(H2,22,23,24). The van der Waals surface area contributed by atoms with Crippen LogP contribution in [0.3, 0.4) is 0 Å². The topological polar surface area (TPSA) is 83.0 Å². The van der Waals surface area contributed by atoms with Gasteiger partial charge in [-0.15, -0.1) is 0 Å². The Hall–Kier alpha value is -1.80. The summed E-state index contributed by atoms with van der Waals surface area (Å²) in [5.74, 6) is 2.37. The zero-order valence-corrected chi connectivity index (χ0v) is 19.2. The normalized spacial score (nSPS) is 18.1. The Bertz CT molecular complexity index is 793. The van der Waals surface area contributed by atoms with E-state index in [1.54, 1.807) is 7.05 Å². The fourth-order valence-electron chi connectivity index (χ4n) is 3.49. The van der Waals surface area contributed by atoms with Crippen molar-refractivity contribution in [3.8, 4) is 5.75 Å². The van der Waals surface area contributed by atoms with Gasteiger partial charge in [0, 0.05) is 38.8 Å². The van der Waals surface area contributed by atoms with Gasteiger partial charge in [0.15, 0.2) is 5.96 Å². The maximum absolute atomic E-state index is 11.9. The molecular weight excluding hydrogens is 388 g/mol. The Morgan fingerprint density at radius 1 is 1.28 bits per heavy atom. The van der Waals surface area contributed by atoms with E-state index in [0.717, 1.165) is 23.3 Å². The molecule has 8 heteroatoms. The molecule has 29 heavy (non-hydrogen) atoms. The first-order chi connectivity index (χ1) is 13.7. The predicted molar refractivity (Wildman–Crippen MR) is 119 cm³/mol. The Kier molecular flexibility index (Phi) is 8.77. The first-order valence-electron chi connectivity index (χ1n) is 10.4. The van der Waals surface area contributed by atoms with Crippen LogP contribution in [0.2, 0.25) is 0 Å². The molecule has 1 aliphatic heterocycles. The number of aliphatic imine (C=N–C) groups is 1. The molecule has 0 saturated carbocycles. The summed E-state index contributed by atoms with van der Waals surface area (Å²) < 4.78 is 31.5. The fraction of sp³-hybridized carbons (Fsp3) is 0.667. The fourth-order valence-corrected chi connectivity index (χ4v) is 5.02. The van der Waals surface area contributed by atoms with E-state index >= 15 is 0 Å². The Morgan fingerprint density at radius 2 is 2.03 bits per heavy atom. The number of guanidine groups is 1. The zero-order chi connectivity index (χ0) is 21.4. The maximum atomic E-state index is 11.9. The van der Waals surface area contributed by atoms with Crippen LogP contribution in [-0.2, 0) is 16.6 Å². The molecule has 1 heterocycles. The van der Waals surface area contributed by atoms with Crippen LogP contribution >= 0.6 is 0 Å². The average molecular weight is 425 g/mol. The third kappa shape index (κ3) is 7.51. The van der Waals surface area contributed by atoms with Gasteiger partial charge >= 0.3 is 0 Å². The highest BCUT2D eigenvalue weighted by molar-refractivity contribution is 7.89. The highest BCUT2D eigenvalue weighted by atomic mass is 32.2. The van der Waals surface area contributed by atoms with Gasteiger partial charge in [0.05, 0.1) is 11.9 Å². The number of rotatable bonds is 9. The largest absolute Gasteiger partial charge is 0.490 e. The van der Waals surface area contributed by atoms with Crippen molar-refractivity contribution in [2.75, 3.05) is 32.4 Å². The van der Waals surface area contributed by atoms with Gasteiger partial charge in [-0.25, -0.2) is 12.7 Å². The molecule has 0 spiro atoms. The summed E-state index contributed by atoms with van der Waals surface area (Å²) in [5.41, 5.74) is 2.23. The lowest BCUT2D eigenvalue weighted by atomic mass is 10.1. The van der Waals surface area contributed by atoms with Crippen LogP contribution in [0.1, 0.15) is 44.7 Å². The number of benzene rings is 1. The molecule has 1 saturated heterocycles. The smallest absolute Gasteiger partial charge is 0.214 e.